The summed E-state index contributed by atoms with van der Waals surface area (Å²) in [5, 5.41) is 1.06. The number of amides is 2. The third kappa shape index (κ3) is 4.87. The number of hydrogen-bond acceptors (Lipinski definition) is 3. The highest BCUT2D eigenvalue weighted by atomic mass is 35.5. The van der Waals surface area contributed by atoms with Crippen molar-refractivity contribution in [2.24, 2.45) is 5.73 Å². The van der Waals surface area contributed by atoms with Gasteiger partial charge in [0, 0.05) is 36.2 Å². The second-order valence-corrected chi connectivity index (χ2v) is 6.23. The van der Waals surface area contributed by atoms with Crippen molar-refractivity contribution in [3.63, 3.8) is 0 Å². The minimum absolute atomic E-state index is 0.0325. The van der Waals surface area contributed by atoms with Crippen LogP contribution in [-0.4, -0.2) is 54.3 Å². The van der Waals surface area contributed by atoms with Gasteiger partial charge in [-0.3, -0.25) is 14.5 Å². The molecule has 2 N–H and O–H groups in total. The second kappa shape index (κ2) is 7.81. The Morgan fingerprint density at radius 3 is 2.59 bits per heavy atom. The average molecular weight is 344 g/mol. The predicted molar refractivity (Wildman–Crippen MR) is 87.0 cm³/mol. The smallest absolute Gasteiger partial charge is 0.231 e. The molecule has 0 bridgehead atoms. The molecule has 120 valence electrons. The molecule has 7 heteroatoms. The molecular weight excluding hydrogens is 325 g/mol. The van der Waals surface area contributed by atoms with E-state index in [1.54, 1.807) is 18.2 Å². The number of primary amides is 1. The van der Waals surface area contributed by atoms with E-state index in [2.05, 4.69) is 0 Å². The molecule has 0 aliphatic carbocycles. The van der Waals surface area contributed by atoms with Crippen molar-refractivity contribution in [1.29, 1.82) is 0 Å². The zero-order valence-electron chi connectivity index (χ0n) is 12.2. The summed E-state index contributed by atoms with van der Waals surface area (Å²) in [5.74, 6) is -0.308. The van der Waals surface area contributed by atoms with Crippen LogP contribution in [0.3, 0.4) is 0 Å². The van der Waals surface area contributed by atoms with Crippen LogP contribution < -0.4 is 5.73 Å². The Bertz CT molecular complexity index is 566. The van der Waals surface area contributed by atoms with Crippen LogP contribution in [0.4, 0.5) is 0 Å². The third-order valence-electron chi connectivity index (χ3n) is 3.68. The molecule has 1 fully saturated rings. The summed E-state index contributed by atoms with van der Waals surface area (Å²) in [6, 6.07) is 5.15. The topological polar surface area (TPSA) is 66.6 Å². The lowest BCUT2D eigenvalue weighted by molar-refractivity contribution is -0.130. The highest BCUT2D eigenvalue weighted by Crippen LogP contribution is 2.22. The predicted octanol–water partition coefficient (Wildman–Crippen LogP) is 1.56. The molecule has 0 atom stereocenters. The van der Waals surface area contributed by atoms with Gasteiger partial charge in [-0.25, -0.2) is 0 Å². The summed E-state index contributed by atoms with van der Waals surface area (Å²) in [7, 11) is 0. The Morgan fingerprint density at radius 1 is 1.14 bits per heavy atom. The van der Waals surface area contributed by atoms with Gasteiger partial charge >= 0.3 is 0 Å². The Balaban J connectivity index is 1.93. The molecule has 0 aromatic heterocycles. The van der Waals surface area contributed by atoms with Gasteiger partial charge < -0.3 is 10.6 Å². The van der Waals surface area contributed by atoms with Gasteiger partial charge in [-0.2, -0.15) is 0 Å². The van der Waals surface area contributed by atoms with E-state index >= 15 is 0 Å². The van der Waals surface area contributed by atoms with E-state index < -0.39 is 0 Å². The van der Waals surface area contributed by atoms with Crippen molar-refractivity contribution < 1.29 is 9.59 Å². The maximum atomic E-state index is 12.4. The van der Waals surface area contributed by atoms with Gasteiger partial charge in [0.15, 0.2) is 0 Å². The molecule has 22 heavy (non-hydrogen) atoms. The molecule has 2 amide bonds. The van der Waals surface area contributed by atoms with Crippen LogP contribution in [0.2, 0.25) is 10.0 Å². The summed E-state index contributed by atoms with van der Waals surface area (Å²) >= 11 is 12.0. The first kappa shape index (κ1) is 17.1. The SMILES string of the molecule is NC(=O)CN1CCCN(C(=O)Cc2ccc(Cl)cc2Cl)CC1. The molecule has 1 aromatic carbocycles. The lowest BCUT2D eigenvalue weighted by atomic mass is 10.1. The fraction of sp³-hybridized carbons (Fsp3) is 0.467. The summed E-state index contributed by atoms with van der Waals surface area (Å²) < 4.78 is 0. The number of rotatable bonds is 4. The van der Waals surface area contributed by atoms with Crippen molar-refractivity contribution in [2.45, 2.75) is 12.8 Å². The molecule has 1 aliphatic heterocycles. The van der Waals surface area contributed by atoms with Crippen LogP contribution in [0.15, 0.2) is 18.2 Å². The molecule has 0 radical (unpaired) electrons. The first-order valence-corrected chi connectivity index (χ1v) is 7.93. The Morgan fingerprint density at radius 2 is 1.91 bits per heavy atom. The number of nitrogens with zero attached hydrogens (tertiary/aromatic N) is 2. The van der Waals surface area contributed by atoms with Crippen LogP contribution in [0.5, 0.6) is 0 Å². The van der Waals surface area contributed by atoms with E-state index in [1.807, 2.05) is 9.80 Å². The molecule has 0 unspecified atom stereocenters. The van der Waals surface area contributed by atoms with E-state index in [0.717, 1.165) is 18.5 Å². The van der Waals surface area contributed by atoms with Crippen molar-refractivity contribution in [1.82, 2.24) is 9.80 Å². The highest BCUT2D eigenvalue weighted by Gasteiger charge is 2.20. The summed E-state index contributed by atoms with van der Waals surface area (Å²) in [5.41, 5.74) is 5.99. The highest BCUT2D eigenvalue weighted by molar-refractivity contribution is 6.35. The Labute approximate surface area is 139 Å². The zero-order valence-corrected chi connectivity index (χ0v) is 13.7. The summed E-state index contributed by atoms with van der Waals surface area (Å²) in [6.45, 7) is 2.94. The Kier molecular flexibility index (Phi) is 6.06. The molecular formula is C15H19Cl2N3O2. The maximum absolute atomic E-state index is 12.4. The molecule has 1 heterocycles. The van der Waals surface area contributed by atoms with E-state index in [1.165, 1.54) is 0 Å². The molecule has 1 aromatic rings. The van der Waals surface area contributed by atoms with Gasteiger partial charge in [0.1, 0.15) is 0 Å². The molecule has 1 saturated heterocycles. The van der Waals surface area contributed by atoms with Crippen LogP contribution >= 0.6 is 23.2 Å². The number of carbonyl (C=O) groups is 2. The largest absolute Gasteiger partial charge is 0.369 e. The van der Waals surface area contributed by atoms with Gasteiger partial charge in [0.25, 0.3) is 0 Å². The van der Waals surface area contributed by atoms with Crippen molar-refractivity contribution in [3.8, 4) is 0 Å². The first-order chi connectivity index (χ1) is 10.5. The van der Waals surface area contributed by atoms with Gasteiger partial charge in [0.2, 0.25) is 11.8 Å². The van der Waals surface area contributed by atoms with Crippen molar-refractivity contribution >= 4 is 35.0 Å². The van der Waals surface area contributed by atoms with Gasteiger partial charge in [-0.1, -0.05) is 29.3 Å². The average Bonchev–Trinajstić information content (AvgIpc) is 2.67. The molecule has 0 saturated carbocycles. The number of halogens is 2. The van der Waals surface area contributed by atoms with E-state index in [9.17, 15) is 9.59 Å². The van der Waals surface area contributed by atoms with Gasteiger partial charge in [-0.05, 0) is 24.1 Å². The van der Waals surface area contributed by atoms with E-state index in [0.29, 0.717) is 29.7 Å². The van der Waals surface area contributed by atoms with Crippen molar-refractivity contribution in [2.75, 3.05) is 32.7 Å². The zero-order chi connectivity index (χ0) is 16.1. The van der Waals surface area contributed by atoms with Gasteiger partial charge in [0.05, 0.1) is 13.0 Å². The monoisotopic (exact) mass is 343 g/mol. The first-order valence-electron chi connectivity index (χ1n) is 7.18. The number of nitrogens with two attached hydrogens (primary N) is 1. The fourth-order valence-corrected chi connectivity index (χ4v) is 3.01. The normalized spacial score (nSPS) is 16.4. The third-order valence-corrected chi connectivity index (χ3v) is 4.26. The van der Waals surface area contributed by atoms with Crippen LogP contribution in [0.1, 0.15) is 12.0 Å². The molecule has 5 nitrogen and oxygen atoms in total. The van der Waals surface area contributed by atoms with Crippen molar-refractivity contribution in [3.05, 3.63) is 33.8 Å². The standard InChI is InChI=1S/C15H19Cl2N3O2/c16-12-3-2-11(13(17)9-12)8-15(22)20-5-1-4-19(6-7-20)10-14(18)21/h2-3,9H,1,4-8,10H2,(H2,18,21). The van der Waals surface area contributed by atoms with E-state index in [-0.39, 0.29) is 24.8 Å². The van der Waals surface area contributed by atoms with Crippen LogP contribution in [0.25, 0.3) is 0 Å². The fourth-order valence-electron chi connectivity index (χ4n) is 2.54. The number of carbonyl (C=O) groups excluding carboxylic acids is 2. The van der Waals surface area contributed by atoms with E-state index in [4.69, 9.17) is 28.9 Å². The molecule has 0 spiro atoms. The Hall–Kier alpha value is -1.30. The summed E-state index contributed by atoms with van der Waals surface area (Å²) in [4.78, 5) is 27.2. The minimum atomic E-state index is -0.340. The lowest BCUT2D eigenvalue weighted by Crippen LogP contribution is -2.38. The lowest BCUT2D eigenvalue weighted by Gasteiger charge is -2.21. The minimum Gasteiger partial charge on any atom is -0.369 e. The quantitative estimate of drug-likeness (QED) is 0.901. The molecule has 1 aliphatic rings. The second-order valence-electron chi connectivity index (χ2n) is 5.39. The number of benzene rings is 1. The van der Waals surface area contributed by atoms with Crippen LogP contribution in [0, 0.1) is 0 Å². The number of hydrogen-bond donors (Lipinski definition) is 1. The van der Waals surface area contributed by atoms with Crippen LogP contribution in [-0.2, 0) is 16.0 Å². The summed E-state index contributed by atoms with van der Waals surface area (Å²) in [6.07, 6.45) is 1.08. The van der Waals surface area contributed by atoms with Gasteiger partial charge in [-0.15, -0.1) is 0 Å². The molecule has 2 rings (SSSR count). The maximum Gasteiger partial charge on any atom is 0.231 e.